The molecule has 0 atom stereocenters. The fourth-order valence-electron chi connectivity index (χ4n) is 2.12. The normalized spacial score (nSPS) is 10.3. The van der Waals surface area contributed by atoms with Crippen molar-refractivity contribution in [2.45, 2.75) is 52.4 Å². The first-order valence-electron chi connectivity index (χ1n) is 7.70. The van der Waals surface area contributed by atoms with Gasteiger partial charge in [-0.2, -0.15) is 48.5 Å². The first-order valence-corrected chi connectivity index (χ1v) is 7.70. The molecule has 3 heteroatoms. The van der Waals surface area contributed by atoms with Crippen LogP contribution in [0.5, 0.6) is 0 Å². The number of hydrogen-bond acceptors (Lipinski definition) is 2. The van der Waals surface area contributed by atoms with Gasteiger partial charge < -0.3 is 9.59 Å². The van der Waals surface area contributed by atoms with Crippen molar-refractivity contribution in [2.24, 2.45) is 0 Å². The molecular formula is C22H26O2Pt. The van der Waals surface area contributed by atoms with Crippen LogP contribution in [0, 0.1) is 12.1 Å². The number of rotatable bonds is 1. The Hall–Kier alpha value is -1.53. The zero-order valence-corrected chi connectivity index (χ0v) is 18.0. The van der Waals surface area contributed by atoms with Crippen molar-refractivity contribution in [3.05, 3.63) is 59.7 Å². The van der Waals surface area contributed by atoms with Crippen LogP contribution in [-0.4, -0.2) is 13.6 Å². The molecule has 0 saturated heterocycles. The van der Waals surface area contributed by atoms with Gasteiger partial charge in [0, 0.05) is 0 Å². The zero-order chi connectivity index (χ0) is 19.0. The van der Waals surface area contributed by atoms with Gasteiger partial charge in [-0.25, -0.2) is 11.1 Å². The van der Waals surface area contributed by atoms with Gasteiger partial charge in [-0.3, -0.25) is 13.6 Å². The Bertz CT molecular complexity index is 545. The summed E-state index contributed by atoms with van der Waals surface area (Å²) in [5.41, 5.74) is 5.20. The van der Waals surface area contributed by atoms with Crippen molar-refractivity contribution >= 4 is 13.6 Å². The maximum Gasteiger partial charge on any atom is 4.00 e. The van der Waals surface area contributed by atoms with Gasteiger partial charge in [-0.05, 0) is 10.8 Å². The largest absolute Gasteiger partial charge is 4.00 e. The van der Waals surface area contributed by atoms with Crippen LogP contribution < -0.4 is 0 Å². The van der Waals surface area contributed by atoms with E-state index in [0.29, 0.717) is 0 Å². The van der Waals surface area contributed by atoms with Gasteiger partial charge in [-0.1, -0.05) is 41.5 Å². The minimum absolute atomic E-state index is 0. The molecule has 2 aromatic rings. The molecule has 0 aromatic heterocycles. The van der Waals surface area contributed by atoms with Gasteiger partial charge in [-0.15, -0.1) is 11.1 Å². The second-order valence-electron chi connectivity index (χ2n) is 7.48. The van der Waals surface area contributed by atoms with E-state index in [9.17, 15) is 0 Å². The fraction of sp³-hybridized carbons (Fsp3) is 0.364. The van der Waals surface area contributed by atoms with E-state index in [1.807, 2.05) is 0 Å². The maximum atomic E-state index is 7.75. The molecule has 2 aromatic carbocycles. The molecule has 0 spiro atoms. The van der Waals surface area contributed by atoms with Crippen LogP contribution in [-0.2, 0) is 41.5 Å². The molecule has 0 heterocycles. The SMILES string of the molecule is CC(C)(C)c1c[c-]c(-c2[c-]cc(C(C)(C)C)cc2)cc1.[CH-]=O.[CH-]=O.[Pt+4]. The quantitative estimate of drug-likeness (QED) is 0.394. The van der Waals surface area contributed by atoms with Crippen molar-refractivity contribution in [1.29, 1.82) is 0 Å². The van der Waals surface area contributed by atoms with Crippen molar-refractivity contribution < 1.29 is 30.7 Å². The standard InChI is InChI=1S/C20H24.2CHO.Pt/c1-19(2,3)17-11-7-15(8-12-17)16-9-13-18(14-10-16)20(4,5)6;2*1-2;/h7,9,11-14H,1-6H3;2*1H;/q-2;2*-1;+4. The van der Waals surface area contributed by atoms with Gasteiger partial charge in [0.05, 0.1) is 0 Å². The van der Waals surface area contributed by atoms with E-state index in [-0.39, 0.29) is 31.9 Å². The molecule has 0 aliphatic carbocycles. The van der Waals surface area contributed by atoms with E-state index in [4.69, 9.17) is 9.59 Å². The Morgan fingerprint density at radius 1 is 0.640 bits per heavy atom. The number of carbonyl (C=O) groups excluding carboxylic acids is 2. The Labute approximate surface area is 167 Å². The minimum Gasteiger partial charge on any atom is -0.545 e. The number of benzene rings is 2. The van der Waals surface area contributed by atoms with Gasteiger partial charge in [0.1, 0.15) is 0 Å². The molecule has 0 radical (unpaired) electrons. The average Bonchev–Trinajstić information content (AvgIpc) is 2.57. The van der Waals surface area contributed by atoms with Crippen LogP contribution in [0.2, 0.25) is 0 Å². The summed E-state index contributed by atoms with van der Waals surface area (Å²) in [5.74, 6) is 0. The molecule has 136 valence electrons. The Morgan fingerprint density at radius 2 is 0.920 bits per heavy atom. The summed E-state index contributed by atoms with van der Waals surface area (Å²) in [6, 6.07) is 19.6. The summed E-state index contributed by atoms with van der Waals surface area (Å²) in [4.78, 5) is 15.5. The first kappa shape index (κ1) is 25.7. The number of hydrogen-bond donors (Lipinski definition) is 0. The molecule has 0 amide bonds. The second kappa shape index (κ2) is 11.2. The molecule has 0 aliphatic rings. The van der Waals surface area contributed by atoms with Crippen molar-refractivity contribution in [3.8, 4) is 11.1 Å². The predicted molar refractivity (Wildman–Crippen MR) is 100 cm³/mol. The first-order chi connectivity index (χ1) is 11.2. The molecule has 0 N–H and O–H groups in total. The summed E-state index contributed by atoms with van der Waals surface area (Å²) in [5, 5.41) is 0. The van der Waals surface area contributed by atoms with Crippen LogP contribution in [0.15, 0.2) is 36.4 Å². The van der Waals surface area contributed by atoms with Gasteiger partial charge >= 0.3 is 21.1 Å². The summed E-state index contributed by atoms with van der Waals surface area (Å²) in [6.45, 7) is 19.8. The third kappa shape index (κ3) is 7.92. The minimum atomic E-state index is 0. The fourth-order valence-corrected chi connectivity index (χ4v) is 2.12. The molecule has 0 fully saturated rings. The van der Waals surface area contributed by atoms with Crippen molar-refractivity contribution in [3.63, 3.8) is 0 Å². The molecule has 2 nitrogen and oxygen atoms in total. The molecule has 0 bridgehead atoms. The van der Waals surface area contributed by atoms with E-state index >= 15 is 0 Å². The maximum absolute atomic E-state index is 7.75. The summed E-state index contributed by atoms with van der Waals surface area (Å²) < 4.78 is 0. The van der Waals surface area contributed by atoms with Gasteiger partial charge in [0.15, 0.2) is 0 Å². The topological polar surface area (TPSA) is 34.1 Å². The average molecular weight is 518 g/mol. The van der Waals surface area contributed by atoms with E-state index in [1.54, 1.807) is 0 Å². The van der Waals surface area contributed by atoms with Crippen LogP contribution in [0.4, 0.5) is 0 Å². The van der Waals surface area contributed by atoms with Gasteiger partial charge in [0.2, 0.25) is 0 Å². The molecule has 2 rings (SSSR count). The van der Waals surface area contributed by atoms with E-state index in [1.165, 1.54) is 11.1 Å². The zero-order valence-electron chi connectivity index (χ0n) is 15.8. The molecule has 0 unspecified atom stereocenters. The molecule has 0 aliphatic heterocycles. The molecule has 25 heavy (non-hydrogen) atoms. The van der Waals surface area contributed by atoms with Crippen molar-refractivity contribution in [1.82, 2.24) is 0 Å². The van der Waals surface area contributed by atoms with Crippen LogP contribution >= 0.6 is 0 Å². The summed E-state index contributed by atoms with van der Waals surface area (Å²) >= 11 is 0. The van der Waals surface area contributed by atoms with Crippen molar-refractivity contribution in [2.75, 3.05) is 0 Å². The summed E-state index contributed by atoms with van der Waals surface area (Å²) in [7, 11) is 0. The predicted octanol–water partition coefficient (Wildman–Crippen LogP) is 5.00. The monoisotopic (exact) mass is 517 g/mol. The second-order valence-corrected chi connectivity index (χ2v) is 7.48. The van der Waals surface area contributed by atoms with E-state index in [2.05, 4.69) is 104 Å². The Morgan fingerprint density at radius 3 is 1.08 bits per heavy atom. The Kier molecular flexibility index (Phi) is 11.5. The smallest absolute Gasteiger partial charge is 0.545 e. The van der Waals surface area contributed by atoms with Gasteiger partial charge in [0.25, 0.3) is 0 Å². The van der Waals surface area contributed by atoms with Crippen LogP contribution in [0.3, 0.4) is 0 Å². The molecular weight excluding hydrogens is 491 g/mol. The third-order valence-electron chi connectivity index (χ3n) is 3.65. The third-order valence-corrected chi connectivity index (χ3v) is 3.65. The summed E-state index contributed by atoms with van der Waals surface area (Å²) in [6.07, 6.45) is 0. The van der Waals surface area contributed by atoms with Crippen LogP contribution in [0.1, 0.15) is 52.7 Å². The van der Waals surface area contributed by atoms with E-state index < -0.39 is 0 Å². The van der Waals surface area contributed by atoms with Crippen LogP contribution in [0.25, 0.3) is 11.1 Å². The van der Waals surface area contributed by atoms with E-state index in [0.717, 1.165) is 11.1 Å². The molecule has 0 saturated carbocycles. The Balaban J connectivity index is 0.